The summed E-state index contributed by atoms with van der Waals surface area (Å²) < 4.78 is 0. The van der Waals surface area contributed by atoms with Crippen LogP contribution in [-0.4, -0.2) is 0 Å². The minimum Gasteiger partial charge on any atom is -0.399 e. The van der Waals surface area contributed by atoms with Gasteiger partial charge in [-0.15, -0.1) is 0 Å². The Morgan fingerprint density at radius 3 is 2.50 bits per heavy atom. The Hall–Kier alpha value is -0.980. The van der Waals surface area contributed by atoms with Crippen LogP contribution in [-0.2, 0) is 0 Å². The lowest BCUT2D eigenvalue weighted by molar-refractivity contribution is 1.47. The van der Waals surface area contributed by atoms with Gasteiger partial charge < -0.3 is 5.73 Å². The fourth-order valence-corrected chi connectivity index (χ4v) is 0.670. The zero-order valence-electron chi connectivity index (χ0n) is 4.89. The number of rotatable bonds is 0. The van der Waals surface area contributed by atoms with Crippen LogP contribution in [0.3, 0.4) is 0 Å². The van der Waals surface area contributed by atoms with E-state index < -0.39 is 0 Å². The molecule has 0 atom stereocenters. The number of hydrogen-bond donors (Lipinski definition) is 1. The van der Waals surface area contributed by atoms with Crippen molar-refractivity contribution in [2.24, 2.45) is 0 Å². The molecule has 0 aliphatic heterocycles. The molecular weight excluding hydrogens is 97.1 g/mol. The van der Waals surface area contributed by atoms with Crippen molar-refractivity contribution in [1.82, 2.24) is 0 Å². The zero-order valence-corrected chi connectivity index (χ0v) is 4.89. The Labute approximate surface area is 49.1 Å². The molecule has 8 heavy (non-hydrogen) atoms. The highest BCUT2D eigenvalue weighted by molar-refractivity contribution is 5.39. The van der Waals surface area contributed by atoms with Crippen molar-refractivity contribution in [3.63, 3.8) is 0 Å². The number of hydrogen-bond acceptors (Lipinski definition) is 1. The van der Waals surface area contributed by atoms with Gasteiger partial charge >= 0.3 is 0 Å². The maximum atomic E-state index is 5.46. The lowest BCUT2D eigenvalue weighted by Gasteiger charge is -1.91. The quantitative estimate of drug-likeness (QED) is 0.499. The van der Waals surface area contributed by atoms with Gasteiger partial charge in [0, 0.05) is 5.69 Å². The molecule has 0 spiro atoms. The Morgan fingerprint density at radius 1 is 1.38 bits per heavy atom. The lowest BCUT2D eigenvalue weighted by atomic mass is 9.91. The van der Waals surface area contributed by atoms with Crippen LogP contribution in [0, 0.1) is 6.92 Å². The van der Waals surface area contributed by atoms with Crippen LogP contribution in [0.25, 0.3) is 0 Å². The van der Waals surface area contributed by atoms with Crippen molar-refractivity contribution in [1.29, 1.82) is 0 Å². The minimum absolute atomic E-state index is 0.838. The molecule has 0 saturated heterocycles. The number of nitrogen functional groups attached to an aromatic ring is 1. The summed E-state index contributed by atoms with van der Waals surface area (Å²) >= 11 is 0. The fourth-order valence-electron chi connectivity index (χ4n) is 0.670. The van der Waals surface area contributed by atoms with Crippen LogP contribution < -0.4 is 5.73 Å². The number of benzene rings is 1. The summed E-state index contributed by atoms with van der Waals surface area (Å²) in [5.41, 5.74) is 7.51. The zero-order chi connectivity index (χ0) is 5.98. The summed E-state index contributed by atoms with van der Waals surface area (Å²) in [7, 11) is 0. The Morgan fingerprint density at radius 2 is 2.12 bits per heavy atom. The summed E-state index contributed by atoms with van der Waals surface area (Å²) in [5, 5.41) is 0. The van der Waals surface area contributed by atoms with Crippen molar-refractivity contribution in [2.75, 3.05) is 5.73 Å². The average molecular weight is 106 g/mol. The summed E-state index contributed by atoms with van der Waals surface area (Å²) in [5.74, 6) is 0. The van der Waals surface area contributed by atoms with Crippen LogP contribution >= 0.6 is 0 Å². The van der Waals surface area contributed by atoms with E-state index in [1.54, 1.807) is 0 Å². The maximum absolute atomic E-state index is 5.46. The molecule has 42 valence electrons. The lowest BCUT2D eigenvalue weighted by Crippen LogP contribution is -1.82. The molecule has 1 heteroatoms. The van der Waals surface area contributed by atoms with Crippen molar-refractivity contribution in [2.45, 2.75) is 6.92 Å². The van der Waals surface area contributed by atoms with Gasteiger partial charge in [0.15, 0.2) is 0 Å². The molecule has 0 bridgehead atoms. The van der Waals surface area contributed by atoms with Gasteiger partial charge in [0.05, 0.1) is 0 Å². The van der Waals surface area contributed by atoms with E-state index in [9.17, 15) is 0 Å². The SMILES string of the molecule is Cc1ccc[11c](N)c1. The van der Waals surface area contributed by atoms with E-state index in [0.717, 1.165) is 5.69 Å². The molecule has 2 N–H and O–H groups in total. The summed E-state index contributed by atoms with van der Waals surface area (Å²) in [6, 6.07) is 7.80. The Balaban J connectivity index is 3.08. The second kappa shape index (κ2) is 1.86. The molecule has 0 fully saturated rings. The summed E-state index contributed by atoms with van der Waals surface area (Å²) in [6.07, 6.45) is 0. The molecule has 1 nitrogen and oxygen atoms in total. The van der Waals surface area contributed by atoms with Crippen molar-refractivity contribution in [3.05, 3.63) is 29.8 Å². The highest BCUT2D eigenvalue weighted by Crippen LogP contribution is 2.03. The third-order valence-corrected chi connectivity index (χ3v) is 1.04. The third kappa shape index (κ3) is 0.997. The van der Waals surface area contributed by atoms with Gasteiger partial charge in [-0.25, -0.2) is 0 Å². The Kier molecular flexibility index (Phi) is 1.20. The van der Waals surface area contributed by atoms with Gasteiger partial charge in [-0.1, -0.05) is 12.1 Å². The van der Waals surface area contributed by atoms with Crippen molar-refractivity contribution < 1.29 is 0 Å². The van der Waals surface area contributed by atoms with Gasteiger partial charge in [-0.2, -0.15) is 0 Å². The average Bonchev–Trinajstić information content (AvgIpc) is 1.64. The van der Waals surface area contributed by atoms with E-state index in [1.165, 1.54) is 5.56 Å². The molecule has 0 heterocycles. The number of anilines is 1. The number of nitrogens with two attached hydrogens (primary N) is 1. The predicted octanol–water partition coefficient (Wildman–Crippen LogP) is 1.58. The van der Waals surface area contributed by atoms with Gasteiger partial charge in [0.25, 0.3) is 0 Å². The van der Waals surface area contributed by atoms with Crippen LogP contribution in [0.4, 0.5) is 5.69 Å². The van der Waals surface area contributed by atoms with Crippen molar-refractivity contribution in [3.8, 4) is 0 Å². The van der Waals surface area contributed by atoms with E-state index in [0.29, 0.717) is 0 Å². The third-order valence-electron chi connectivity index (χ3n) is 1.04. The van der Waals surface area contributed by atoms with Crippen LogP contribution in [0.5, 0.6) is 0 Å². The second-order valence-corrected chi connectivity index (χ2v) is 1.91. The highest BCUT2D eigenvalue weighted by Gasteiger charge is 1.81. The molecule has 0 amide bonds. The summed E-state index contributed by atoms with van der Waals surface area (Å²) in [6.45, 7) is 2.02. The normalized spacial score (nSPS) is 9.12. The van der Waals surface area contributed by atoms with Crippen LogP contribution in [0.15, 0.2) is 24.3 Å². The van der Waals surface area contributed by atoms with Crippen LogP contribution in [0.1, 0.15) is 5.56 Å². The van der Waals surface area contributed by atoms with Crippen LogP contribution in [0.2, 0.25) is 0 Å². The molecule has 1 rings (SSSR count). The topological polar surface area (TPSA) is 26.0 Å². The van der Waals surface area contributed by atoms with Crippen molar-refractivity contribution >= 4 is 5.69 Å². The van der Waals surface area contributed by atoms with E-state index in [4.69, 9.17) is 5.73 Å². The van der Waals surface area contributed by atoms with E-state index in [-0.39, 0.29) is 0 Å². The first-order valence-corrected chi connectivity index (χ1v) is 2.61. The minimum atomic E-state index is 0.838. The molecule has 0 saturated carbocycles. The van der Waals surface area contributed by atoms with Gasteiger partial charge in [0.1, 0.15) is 0 Å². The van der Waals surface area contributed by atoms with Gasteiger partial charge in [0.2, 0.25) is 0 Å². The molecule has 0 aliphatic rings. The monoisotopic (exact) mass is 106 g/mol. The van der Waals surface area contributed by atoms with E-state index in [1.807, 2.05) is 31.2 Å². The first kappa shape index (κ1) is 5.16. The maximum Gasteiger partial charge on any atom is 0.0316 e. The van der Waals surface area contributed by atoms with E-state index in [2.05, 4.69) is 0 Å². The Bertz CT molecular complexity index is 164. The smallest absolute Gasteiger partial charge is 0.0316 e. The molecule has 1 aromatic carbocycles. The number of aryl methyl sites for hydroxylation is 1. The first-order valence-electron chi connectivity index (χ1n) is 2.61. The predicted molar refractivity (Wildman–Crippen MR) is 35.6 cm³/mol. The molecule has 0 unspecified atom stereocenters. The summed E-state index contributed by atoms with van der Waals surface area (Å²) in [4.78, 5) is 0. The largest absolute Gasteiger partial charge is 0.399 e. The van der Waals surface area contributed by atoms with E-state index >= 15 is 0 Å². The van der Waals surface area contributed by atoms with Gasteiger partial charge in [-0.05, 0) is 24.6 Å². The first-order chi connectivity index (χ1) is 3.79. The standard InChI is InChI=1S/C7H9N/c1-6-3-2-4-7(8)5-6/h2-5H,8H2,1H3/i7-1. The molecule has 1 aromatic rings. The fraction of sp³-hybridized carbons (Fsp3) is 0.143. The molecule has 0 aromatic heterocycles. The van der Waals surface area contributed by atoms with Gasteiger partial charge in [-0.3, -0.25) is 0 Å². The molecule has 0 aliphatic carbocycles. The molecular formula is C7H9N. The second-order valence-electron chi connectivity index (χ2n) is 1.91. The molecule has 0 radical (unpaired) electrons. The highest BCUT2D eigenvalue weighted by atomic mass is 14.4.